The maximum Gasteiger partial charge on any atom is 0.257 e. The van der Waals surface area contributed by atoms with E-state index in [0.717, 1.165) is 12.6 Å². The van der Waals surface area contributed by atoms with Gasteiger partial charge in [0.25, 0.3) is 5.91 Å². The van der Waals surface area contributed by atoms with Crippen molar-refractivity contribution in [3.8, 4) is 0 Å². The molecule has 0 aromatic carbocycles. The van der Waals surface area contributed by atoms with Crippen LogP contribution in [0.2, 0.25) is 0 Å². The lowest BCUT2D eigenvalue weighted by Crippen LogP contribution is -2.38. The normalized spacial score (nSPS) is 12.1. The fraction of sp³-hybridized carbons (Fsp3) is 0.571. The number of amides is 1. The second kappa shape index (κ2) is 7.07. The summed E-state index contributed by atoms with van der Waals surface area (Å²) < 4.78 is 13.3. The summed E-state index contributed by atoms with van der Waals surface area (Å²) in [6.07, 6.45) is 1.98. The second-order valence-corrected chi connectivity index (χ2v) is 4.43. The highest BCUT2D eigenvalue weighted by Gasteiger charge is 2.22. The minimum Gasteiger partial charge on any atom is -0.370 e. The monoisotopic (exact) mass is 267 g/mol. The van der Waals surface area contributed by atoms with E-state index in [1.54, 1.807) is 4.90 Å². The van der Waals surface area contributed by atoms with Gasteiger partial charge in [-0.3, -0.25) is 4.79 Å². The van der Waals surface area contributed by atoms with Crippen molar-refractivity contribution in [3.05, 3.63) is 23.6 Å². The van der Waals surface area contributed by atoms with Gasteiger partial charge in [0.15, 0.2) is 0 Å². The molecule has 1 atom stereocenters. The molecule has 1 N–H and O–H groups in total. The number of hydrogen-bond donors (Lipinski definition) is 1. The van der Waals surface area contributed by atoms with Gasteiger partial charge in [-0.25, -0.2) is 9.37 Å². The lowest BCUT2D eigenvalue weighted by atomic mass is 10.1. The van der Waals surface area contributed by atoms with Crippen LogP contribution >= 0.6 is 0 Å². The maximum absolute atomic E-state index is 13.3. The Morgan fingerprint density at radius 2 is 2.16 bits per heavy atom. The van der Waals surface area contributed by atoms with Crippen LogP contribution in [0.3, 0.4) is 0 Å². The number of rotatable bonds is 6. The van der Waals surface area contributed by atoms with Crippen molar-refractivity contribution in [2.75, 3.05) is 18.4 Å². The summed E-state index contributed by atoms with van der Waals surface area (Å²) in [5.41, 5.74) is 0.295. The molecule has 1 unspecified atom stereocenters. The predicted octanol–water partition coefficient (Wildman–Crippen LogP) is 2.91. The van der Waals surface area contributed by atoms with E-state index in [-0.39, 0.29) is 11.9 Å². The Hall–Kier alpha value is -1.65. The molecule has 4 nitrogen and oxygen atoms in total. The van der Waals surface area contributed by atoms with E-state index in [0.29, 0.717) is 24.5 Å². The van der Waals surface area contributed by atoms with Crippen molar-refractivity contribution >= 4 is 11.7 Å². The van der Waals surface area contributed by atoms with Gasteiger partial charge in [-0.2, -0.15) is 0 Å². The zero-order chi connectivity index (χ0) is 14.4. The van der Waals surface area contributed by atoms with Crippen LogP contribution in [0.15, 0.2) is 12.3 Å². The molecule has 1 aromatic heterocycles. The lowest BCUT2D eigenvalue weighted by Gasteiger charge is -2.27. The number of halogens is 1. The third-order valence-electron chi connectivity index (χ3n) is 3.15. The molecular weight excluding hydrogens is 245 g/mol. The molecule has 1 heterocycles. The van der Waals surface area contributed by atoms with Gasteiger partial charge in [0, 0.05) is 19.1 Å². The largest absolute Gasteiger partial charge is 0.370 e. The van der Waals surface area contributed by atoms with Gasteiger partial charge in [-0.05, 0) is 33.3 Å². The van der Waals surface area contributed by atoms with E-state index in [9.17, 15) is 9.18 Å². The van der Waals surface area contributed by atoms with Crippen molar-refractivity contribution in [2.45, 2.75) is 40.2 Å². The Balaban J connectivity index is 3.12. The highest BCUT2D eigenvalue weighted by atomic mass is 19.1. The molecule has 0 aliphatic heterocycles. The molecule has 5 heteroatoms. The fourth-order valence-corrected chi connectivity index (χ4v) is 1.94. The highest BCUT2D eigenvalue weighted by Crippen LogP contribution is 2.18. The molecule has 106 valence electrons. The van der Waals surface area contributed by atoms with Gasteiger partial charge in [0.1, 0.15) is 11.6 Å². The molecule has 0 saturated carbocycles. The molecule has 0 fully saturated rings. The van der Waals surface area contributed by atoms with E-state index in [1.807, 2.05) is 27.7 Å². The van der Waals surface area contributed by atoms with E-state index >= 15 is 0 Å². The number of carbonyl (C=O) groups is 1. The Morgan fingerprint density at radius 3 is 2.68 bits per heavy atom. The van der Waals surface area contributed by atoms with Crippen molar-refractivity contribution in [3.63, 3.8) is 0 Å². The molecule has 0 spiro atoms. The summed E-state index contributed by atoms with van der Waals surface area (Å²) in [6, 6.07) is 1.37. The summed E-state index contributed by atoms with van der Waals surface area (Å²) in [4.78, 5) is 18.2. The zero-order valence-corrected chi connectivity index (χ0v) is 12.0. The number of anilines is 1. The summed E-state index contributed by atoms with van der Waals surface area (Å²) in [6.45, 7) is 9.07. The first-order chi connectivity index (χ1) is 9.04. The van der Waals surface area contributed by atoms with Crippen molar-refractivity contribution in [1.82, 2.24) is 9.88 Å². The molecular formula is C14H22FN3O. The smallest absolute Gasteiger partial charge is 0.257 e. The van der Waals surface area contributed by atoms with E-state index < -0.39 is 5.82 Å². The van der Waals surface area contributed by atoms with Crippen LogP contribution in [0, 0.1) is 5.82 Å². The fourth-order valence-electron chi connectivity index (χ4n) is 1.94. The average molecular weight is 267 g/mol. The van der Waals surface area contributed by atoms with Crippen LogP contribution < -0.4 is 5.32 Å². The van der Waals surface area contributed by atoms with E-state index in [2.05, 4.69) is 10.3 Å². The summed E-state index contributed by atoms with van der Waals surface area (Å²) in [5, 5.41) is 2.99. The number of aromatic nitrogens is 1. The lowest BCUT2D eigenvalue weighted by molar-refractivity contribution is 0.0700. The van der Waals surface area contributed by atoms with Crippen molar-refractivity contribution in [1.29, 1.82) is 0 Å². The molecule has 0 radical (unpaired) electrons. The third-order valence-corrected chi connectivity index (χ3v) is 3.15. The van der Waals surface area contributed by atoms with Crippen LogP contribution in [0.4, 0.5) is 10.2 Å². The molecule has 1 rings (SSSR count). The van der Waals surface area contributed by atoms with Crippen LogP contribution in [-0.2, 0) is 0 Å². The standard InChI is InChI=1S/C14H22FN3O/c1-5-10(4)18(7-3)14(19)12-8-11(15)9-17-13(12)16-6-2/h8-10H,5-7H2,1-4H3,(H,16,17). The third kappa shape index (κ3) is 3.66. The number of carbonyl (C=O) groups excluding carboxylic acids is 1. The number of hydrogen-bond acceptors (Lipinski definition) is 3. The molecule has 19 heavy (non-hydrogen) atoms. The SMILES string of the molecule is CCNc1ncc(F)cc1C(=O)N(CC)C(C)CC. The van der Waals surface area contributed by atoms with Gasteiger partial charge in [0.05, 0.1) is 11.8 Å². The Morgan fingerprint density at radius 1 is 1.47 bits per heavy atom. The molecule has 0 saturated heterocycles. The van der Waals surface area contributed by atoms with Gasteiger partial charge in [-0.1, -0.05) is 6.92 Å². The average Bonchev–Trinajstić information content (AvgIpc) is 2.41. The van der Waals surface area contributed by atoms with E-state index in [4.69, 9.17) is 0 Å². The van der Waals surface area contributed by atoms with Gasteiger partial charge in [-0.15, -0.1) is 0 Å². The molecule has 1 aromatic rings. The molecule has 0 aliphatic carbocycles. The minimum absolute atomic E-state index is 0.121. The zero-order valence-electron chi connectivity index (χ0n) is 12.0. The maximum atomic E-state index is 13.3. The second-order valence-electron chi connectivity index (χ2n) is 4.43. The van der Waals surface area contributed by atoms with Gasteiger partial charge < -0.3 is 10.2 Å². The Labute approximate surface area is 114 Å². The van der Waals surface area contributed by atoms with Crippen LogP contribution in [0.1, 0.15) is 44.5 Å². The number of pyridine rings is 1. The summed E-state index contributed by atoms with van der Waals surface area (Å²) >= 11 is 0. The molecule has 0 aliphatic rings. The van der Waals surface area contributed by atoms with Gasteiger partial charge in [0.2, 0.25) is 0 Å². The Kier molecular flexibility index (Phi) is 5.73. The highest BCUT2D eigenvalue weighted by molar-refractivity contribution is 5.98. The van der Waals surface area contributed by atoms with Crippen LogP contribution in [-0.4, -0.2) is 34.9 Å². The predicted molar refractivity (Wildman–Crippen MR) is 74.8 cm³/mol. The first-order valence-electron chi connectivity index (χ1n) is 6.75. The summed E-state index contributed by atoms with van der Waals surface area (Å²) in [7, 11) is 0. The van der Waals surface area contributed by atoms with Gasteiger partial charge >= 0.3 is 0 Å². The van der Waals surface area contributed by atoms with Crippen LogP contribution in [0.25, 0.3) is 0 Å². The topological polar surface area (TPSA) is 45.2 Å². The van der Waals surface area contributed by atoms with E-state index in [1.165, 1.54) is 6.07 Å². The number of nitrogens with one attached hydrogen (secondary N) is 1. The minimum atomic E-state index is -0.495. The molecule has 1 amide bonds. The van der Waals surface area contributed by atoms with Crippen LogP contribution in [0.5, 0.6) is 0 Å². The number of nitrogens with zero attached hydrogens (tertiary/aromatic N) is 2. The van der Waals surface area contributed by atoms with Crippen molar-refractivity contribution in [2.24, 2.45) is 0 Å². The Bertz CT molecular complexity index is 437. The first-order valence-corrected chi connectivity index (χ1v) is 6.75. The summed E-state index contributed by atoms with van der Waals surface area (Å²) in [5.74, 6) is -0.235. The van der Waals surface area contributed by atoms with Crippen molar-refractivity contribution < 1.29 is 9.18 Å². The quantitative estimate of drug-likeness (QED) is 0.862. The molecule has 0 bridgehead atoms. The first kappa shape index (κ1) is 15.4.